The summed E-state index contributed by atoms with van der Waals surface area (Å²) in [6.07, 6.45) is 3.72. The number of rotatable bonds is 8. The van der Waals surface area contributed by atoms with E-state index >= 15 is 0 Å². The van der Waals surface area contributed by atoms with Gasteiger partial charge in [0.05, 0.1) is 22.3 Å². The molecule has 1 amide bonds. The Morgan fingerprint density at radius 1 is 1.16 bits per heavy atom. The van der Waals surface area contributed by atoms with Gasteiger partial charge in [0.25, 0.3) is 10.1 Å². The molecule has 2 aromatic heterocycles. The monoisotopic (exact) mass is 525 g/mol. The molecule has 1 aliphatic carbocycles. The van der Waals surface area contributed by atoms with Crippen molar-refractivity contribution in [1.82, 2.24) is 25.3 Å². The van der Waals surface area contributed by atoms with Crippen LogP contribution in [-0.2, 0) is 14.9 Å². The Balaban J connectivity index is 1.18. The lowest BCUT2D eigenvalue weighted by atomic mass is 9.81. The number of aromatic nitrogens is 4. The number of aryl methyl sites for hydroxylation is 1. The third-order valence-electron chi connectivity index (χ3n) is 6.22. The molecule has 1 saturated carbocycles. The summed E-state index contributed by atoms with van der Waals surface area (Å²) >= 11 is 0. The summed E-state index contributed by atoms with van der Waals surface area (Å²) in [6.45, 7) is 1.83. The molecular formula is C25H24FN5O5S. The minimum absolute atomic E-state index is 0.147. The van der Waals surface area contributed by atoms with Gasteiger partial charge in [0, 0.05) is 30.4 Å². The summed E-state index contributed by atoms with van der Waals surface area (Å²) in [6, 6.07) is 10.8. The van der Waals surface area contributed by atoms with Gasteiger partial charge in [-0.15, -0.1) is 0 Å². The Kier molecular flexibility index (Phi) is 6.61. The minimum atomic E-state index is -4.11. The molecule has 2 aromatic carbocycles. The third-order valence-corrected chi connectivity index (χ3v) is 6.94. The lowest BCUT2D eigenvalue weighted by Crippen LogP contribution is -2.44. The topological polar surface area (TPSA) is 147 Å². The molecule has 0 saturated heterocycles. The van der Waals surface area contributed by atoms with Crippen LogP contribution in [-0.4, -0.2) is 57.2 Å². The van der Waals surface area contributed by atoms with Gasteiger partial charge >= 0.3 is 6.01 Å². The van der Waals surface area contributed by atoms with E-state index in [-0.39, 0.29) is 30.5 Å². The van der Waals surface area contributed by atoms with Crippen LogP contribution in [0.4, 0.5) is 4.39 Å². The molecule has 1 aliphatic rings. The van der Waals surface area contributed by atoms with E-state index in [1.165, 1.54) is 6.07 Å². The quantitative estimate of drug-likeness (QED) is 0.297. The second-order valence-corrected chi connectivity index (χ2v) is 10.6. The van der Waals surface area contributed by atoms with Gasteiger partial charge in [-0.1, -0.05) is 12.1 Å². The average Bonchev–Trinajstić information content (AvgIpc) is 3.23. The van der Waals surface area contributed by atoms with Gasteiger partial charge in [0.2, 0.25) is 5.91 Å². The van der Waals surface area contributed by atoms with Crippen LogP contribution in [0.1, 0.15) is 18.4 Å². The number of H-pyrrole nitrogens is 1. The average molecular weight is 526 g/mol. The summed E-state index contributed by atoms with van der Waals surface area (Å²) < 4.78 is 50.8. The van der Waals surface area contributed by atoms with Crippen molar-refractivity contribution in [2.75, 3.05) is 12.3 Å². The summed E-state index contributed by atoms with van der Waals surface area (Å²) in [5.41, 5.74) is 4.27. The number of ether oxygens (including phenoxy) is 1. The predicted molar refractivity (Wildman–Crippen MR) is 134 cm³/mol. The first-order valence-corrected chi connectivity index (χ1v) is 13.2. The Morgan fingerprint density at radius 3 is 2.62 bits per heavy atom. The molecule has 0 bridgehead atoms. The number of carbonyl (C=O) groups excluding carboxylic acids is 1. The van der Waals surface area contributed by atoms with E-state index in [0.29, 0.717) is 35.4 Å². The van der Waals surface area contributed by atoms with Crippen LogP contribution in [0.15, 0.2) is 48.8 Å². The highest BCUT2D eigenvalue weighted by molar-refractivity contribution is 7.85. The number of nitrogens with one attached hydrogen (secondary N) is 2. The van der Waals surface area contributed by atoms with Crippen LogP contribution in [0.5, 0.6) is 6.01 Å². The number of carbonyl (C=O) groups is 1. The summed E-state index contributed by atoms with van der Waals surface area (Å²) in [4.78, 5) is 28.1. The molecule has 10 nitrogen and oxygen atoms in total. The van der Waals surface area contributed by atoms with E-state index in [9.17, 15) is 17.6 Å². The zero-order chi connectivity index (χ0) is 26.2. The largest absolute Gasteiger partial charge is 0.460 e. The first-order valence-electron chi connectivity index (χ1n) is 11.6. The predicted octanol–water partition coefficient (Wildman–Crippen LogP) is 3.30. The van der Waals surface area contributed by atoms with Crippen LogP contribution in [0, 0.1) is 18.7 Å². The number of amides is 1. The van der Waals surface area contributed by atoms with Crippen molar-refractivity contribution in [1.29, 1.82) is 0 Å². The van der Waals surface area contributed by atoms with Crippen molar-refractivity contribution in [3.05, 3.63) is 60.2 Å². The summed E-state index contributed by atoms with van der Waals surface area (Å²) in [5, 5.41) is 2.48. The standard InChI is InChI=1S/C25H24FN5O5S/c1-14-2-5-21-22(8-14)31-23(30-21)19-4-3-15(11-20(19)26)17-12-28-25(29-13-17)36-18-9-16(10-18)24(32)27-6-7-37(33,34)35/h2-5,8,11-13,16,18H,6-7,9-10H2,1H3,(H,27,32)(H,30,31)(H,33,34,35). The van der Waals surface area contributed by atoms with Crippen LogP contribution in [0.25, 0.3) is 33.5 Å². The van der Waals surface area contributed by atoms with E-state index in [4.69, 9.17) is 9.29 Å². The lowest BCUT2D eigenvalue weighted by Gasteiger charge is -2.33. The highest BCUT2D eigenvalue weighted by Crippen LogP contribution is 2.31. The number of fused-ring (bicyclic) bond motifs is 1. The number of aromatic amines is 1. The Hall–Kier alpha value is -3.90. The molecule has 0 spiro atoms. The fraction of sp³-hybridized carbons (Fsp3) is 0.280. The first-order chi connectivity index (χ1) is 17.6. The molecule has 4 aromatic rings. The van der Waals surface area contributed by atoms with Crippen molar-refractivity contribution in [2.45, 2.75) is 25.9 Å². The van der Waals surface area contributed by atoms with Crippen molar-refractivity contribution >= 4 is 27.1 Å². The van der Waals surface area contributed by atoms with Gasteiger partial charge in [-0.05, 0) is 55.2 Å². The van der Waals surface area contributed by atoms with Gasteiger partial charge in [0.1, 0.15) is 17.7 Å². The van der Waals surface area contributed by atoms with Crippen LogP contribution in [0.2, 0.25) is 0 Å². The van der Waals surface area contributed by atoms with Gasteiger partial charge in [-0.3, -0.25) is 9.35 Å². The summed E-state index contributed by atoms with van der Waals surface area (Å²) in [5.74, 6) is -1.09. The molecule has 5 rings (SSSR count). The number of nitrogens with zero attached hydrogens (tertiary/aromatic N) is 3. The molecule has 0 unspecified atom stereocenters. The van der Waals surface area contributed by atoms with E-state index in [0.717, 1.165) is 16.6 Å². The lowest BCUT2D eigenvalue weighted by molar-refractivity contribution is -0.130. The van der Waals surface area contributed by atoms with Gasteiger partial charge in [-0.25, -0.2) is 19.3 Å². The Bertz CT molecular complexity index is 1570. The SMILES string of the molecule is Cc1ccc2nc(-c3ccc(-c4cnc(OC5CC(C(=O)NCCS(=O)(=O)O)C5)nc4)cc3F)[nH]c2c1. The fourth-order valence-electron chi connectivity index (χ4n) is 4.14. The van der Waals surface area contributed by atoms with Crippen molar-refractivity contribution in [2.24, 2.45) is 5.92 Å². The maximum atomic E-state index is 15.0. The molecule has 2 heterocycles. The van der Waals surface area contributed by atoms with Crippen LogP contribution in [0.3, 0.4) is 0 Å². The number of hydrogen-bond donors (Lipinski definition) is 3. The second-order valence-electron chi connectivity index (χ2n) is 9.04. The number of hydrogen-bond acceptors (Lipinski definition) is 7. The van der Waals surface area contributed by atoms with Gasteiger partial charge in [0.15, 0.2) is 0 Å². The molecule has 0 aliphatic heterocycles. The van der Waals surface area contributed by atoms with E-state index in [2.05, 4.69) is 25.3 Å². The molecular weight excluding hydrogens is 501 g/mol. The minimum Gasteiger partial charge on any atom is -0.460 e. The van der Waals surface area contributed by atoms with Crippen molar-refractivity contribution in [3.63, 3.8) is 0 Å². The van der Waals surface area contributed by atoms with E-state index in [1.54, 1.807) is 24.5 Å². The highest BCUT2D eigenvalue weighted by Gasteiger charge is 2.36. The third kappa shape index (κ3) is 5.75. The Labute approximate surface area is 212 Å². The number of imidazole rings is 1. The number of benzene rings is 2. The maximum Gasteiger partial charge on any atom is 0.316 e. The normalized spacial score (nSPS) is 17.4. The first kappa shape index (κ1) is 24.8. The molecule has 0 atom stereocenters. The molecule has 37 heavy (non-hydrogen) atoms. The number of halogens is 1. The molecule has 0 radical (unpaired) electrons. The molecule has 192 valence electrons. The second kappa shape index (κ2) is 9.87. The van der Waals surface area contributed by atoms with Crippen LogP contribution < -0.4 is 10.1 Å². The van der Waals surface area contributed by atoms with E-state index < -0.39 is 21.7 Å². The van der Waals surface area contributed by atoms with Crippen LogP contribution >= 0.6 is 0 Å². The molecule has 1 fully saturated rings. The van der Waals surface area contributed by atoms with E-state index in [1.807, 2.05) is 25.1 Å². The highest BCUT2D eigenvalue weighted by atomic mass is 32.2. The fourth-order valence-corrected chi connectivity index (χ4v) is 4.50. The molecule has 3 N–H and O–H groups in total. The Morgan fingerprint density at radius 2 is 1.92 bits per heavy atom. The smallest absolute Gasteiger partial charge is 0.316 e. The van der Waals surface area contributed by atoms with Crippen molar-refractivity contribution in [3.8, 4) is 28.5 Å². The summed E-state index contributed by atoms with van der Waals surface area (Å²) in [7, 11) is -4.11. The zero-order valence-corrected chi connectivity index (χ0v) is 20.6. The zero-order valence-electron chi connectivity index (χ0n) is 19.8. The maximum absolute atomic E-state index is 15.0. The van der Waals surface area contributed by atoms with Gasteiger partial charge in [-0.2, -0.15) is 8.42 Å². The van der Waals surface area contributed by atoms with Gasteiger partial charge < -0.3 is 15.0 Å². The molecule has 12 heteroatoms. The van der Waals surface area contributed by atoms with Crippen molar-refractivity contribution < 1.29 is 26.9 Å².